The lowest BCUT2D eigenvalue weighted by molar-refractivity contribution is 0.117. The number of hydrogen-bond acceptors (Lipinski definition) is 3. The molecule has 1 atom stereocenters. The molecule has 3 nitrogen and oxygen atoms in total. The maximum Gasteiger partial charge on any atom is 0.119 e. The van der Waals surface area contributed by atoms with Gasteiger partial charge in [0, 0.05) is 17.6 Å². The van der Waals surface area contributed by atoms with Gasteiger partial charge in [-0.25, -0.2) is 0 Å². The standard InChI is InChI=1S/C16H25ClN2O/c1-18-10-9-15-4-2-3-11-19(15)12-13-20-16-7-5-14(17)6-8-16/h5-8,15,18H,2-4,9-13H2,1H3. The van der Waals surface area contributed by atoms with Crippen LogP contribution in [0.1, 0.15) is 25.7 Å². The van der Waals surface area contributed by atoms with Gasteiger partial charge in [0.05, 0.1) is 0 Å². The second-order valence-electron chi connectivity index (χ2n) is 5.38. The second kappa shape index (κ2) is 8.50. The normalized spacial score (nSPS) is 20.0. The molecule has 0 bridgehead atoms. The van der Waals surface area contributed by atoms with E-state index in [1.165, 1.54) is 32.2 Å². The van der Waals surface area contributed by atoms with E-state index in [1.807, 2.05) is 31.3 Å². The topological polar surface area (TPSA) is 24.5 Å². The number of piperidine rings is 1. The molecule has 1 unspecified atom stereocenters. The molecule has 112 valence electrons. The van der Waals surface area contributed by atoms with E-state index in [-0.39, 0.29) is 0 Å². The summed E-state index contributed by atoms with van der Waals surface area (Å²) in [7, 11) is 2.02. The van der Waals surface area contributed by atoms with E-state index < -0.39 is 0 Å². The fraction of sp³-hybridized carbons (Fsp3) is 0.625. The predicted octanol–water partition coefficient (Wildman–Crippen LogP) is 3.18. The van der Waals surface area contributed by atoms with Crippen LogP contribution in [0.4, 0.5) is 0 Å². The van der Waals surface area contributed by atoms with E-state index in [2.05, 4.69) is 10.2 Å². The maximum atomic E-state index is 5.87. The van der Waals surface area contributed by atoms with E-state index in [1.54, 1.807) is 0 Å². The van der Waals surface area contributed by atoms with Crippen LogP contribution in [0.15, 0.2) is 24.3 Å². The highest BCUT2D eigenvalue weighted by atomic mass is 35.5. The summed E-state index contributed by atoms with van der Waals surface area (Å²) in [5, 5.41) is 4.00. The van der Waals surface area contributed by atoms with E-state index in [9.17, 15) is 0 Å². The van der Waals surface area contributed by atoms with Gasteiger partial charge < -0.3 is 10.1 Å². The van der Waals surface area contributed by atoms with E-state index in [4.69, 9.17) is 16.3 Å². The summed E-state index contributed by atoms with van der Waals surface area (Å²) in [6.07, 6.45) is 5.24. The lowest BCUT2D eigenvalue weighted by Gasteiger charge is -2.35. The molecule has 0 aromatic heterocycles. The molecule has 0 aliphatic carbocycles. The van der Waals surface area contributed by atoms with Crippen LogP contribution >= 0.6 is 11.6 Å². The Balaban J connectivity index is 1.74. The van der Waals surface area contributed by atoms with Crippen LogP contribution in [0.25, 0.3) is 0 Å². The molecule has 0 saturated carbocycles. The Morgan fingerprint density at radius 3 is 2.85 bits per heavy atom. The van der Waals surface area contributed by atoms with Gasteiger partial charge >= 0.3 is 0 Å². The summed E-state index contributed by atoms with van der Waals surface area (Å²) in [4.78, 5) is 2.58. The smallest absolute Gasteiger partial charge is 0.119 e. The van der Waals surface area contributed by atoms with Crippen LogP contribution in [0.2, 0.25) is 5.02 Å². The first kappa shape index (κ1) is 15.6. The predicted molar refractivity (Wildman–Crippen MR) is 84.7 cm³/mol. The average molecular weight is 297 g/mol. The number of nitrogens with zero attached hydrogens (tertiary/aromatic N) is 1. The van der Waals surface area contributed by atoms with Gasteiger partial charge in [0.25, 0.3) is 0 Å². The molecule has 1 heterocycles. The number of hydrogen-bond donors (Lipinski definition) is 1. The molecule has 1 N–H and O–H groups in total. The summed E-state index contributed by atoms with van der Waals surface area (Å²) >= 11 is 5.87. The lowest BCUT2D eigenvalue weighted by Crippen LogP contribution is -2.42. The van der Waals surface area contributed by atoms with Crippen molar-refractivity contribution in [2.24, 2.45) is 0 Å². The Bertz CT molecular complexity index is 383. The van der Waals surface area contributed by atoms with Crippen molar-refractivity contribution >= 4 is 11.6 Å². The number of benzene rings is 1. The monoisotopic (exact) mass is 296 g/mol. The first-order chi connectivity index (χ1) is 9.79. The van der Waals surface area contributed by atoms with Crippen molar-refractivity contribution in [3.05, 3.63) is 29.3 Å². The summed E-state index contributed by atoms with van der Waals surface area (Å²) in [6.45, 7) is 4.06. The molecule has 1 fully saturated rings. The average Bonchev–Trinajstić information content (AvgIpc) is 2.48. The van der Waals surface area contributed by atoms with Crippen LogP contribution in [0.5, 0.6) is 5.75 Å². The summed E-state index contributed by atoms with van der Waals surface area (Å²) in [5.41, 5.74) is 0. The third-order valence-electron chi connectivity index (χ3n) is 3.94. The molecule has 1 aliphatic rings. The van der Waals surface area contributed by atoms with Crippen LogP contribution in [-0.2, 0) is 0 Å². The van der Waals surface area contributed by atoms with Crippen LogP contribution in [0, 0.1) is 0 Å². The van der Waals surface area contributed by atoms with E-state index >= 15 is 0 Å². The maximum absolute atomic E-state index is 5.87. The number of halogens is 1. The fourth-order valence-corrected chi connectivity index (χ4v) is 2.93. The minimum absolute atomic E-state index is 0.713. The van der Waals surface area contributed by atoms with Gasteiger partial charge in [0.2, 0.25) is 0 Å². The number of ether oxygens (including phenoxy) is 1. The van der Waals surface area contributed by atoms with Crippen molar-refractivity contribution in [2.45, 2.75) is 31.7 Å². The molecule has 20 heavy (non-hydrogen) atoms. The highest BCUT2D eigenvalue weighted by Gasteiger charge is 2.21. The highest BCUT2D eigenvalue weighted by molar-refractivity contribution is 6.30. The molecule has 4 heteroatoms. The largest absolute Gasteiger partial charge is 0.492 e. The van der Waals surface area contributed by atoms with Crippen molar-refractivity contribution < 1.29 is 4.74 Å². The van der Waals surface area contributed by atoms with Crippen molar-refractivity contribution in [1.29, 1.82) is 0 Å². The number of rotatable bonds is 7. The van der Waals surface area contributed by atoms with Crippen LogP contribution < -0.4 is 10.1 Å². The van der Waals surface area contributed by atoms with Gasteiger partial charge in [-0.1, -0.05) is 18.0 Å². The molecular weight excluding hydrogens is 272 g/mol. The minimum Gasteiger partial charge on any atom is -0.492 e. The van der Waals surface area contributed by atoms with Crippen molar-refractivity contribution in [2.75, 3.05) is 33.3 Å². The fourth-order valence-electron chi connectivity index (χ4n) is 2.80. The van der Waals surface area contributed by atoms with E-state index in [0.29, 0.717) is 6.04 Å². The second-order valence-corrected chi connectivity index (χ2v) is 5.82. The third kappa shape index (κ3) is 4.97. The molecule has 1 saturated heterocycles. The molecule has 1 aliphatic heterocycles. The van der Waals surface area contributed by atoms with Crippen molar-refractivity contribution in [1.82, 2.24) is 10.2 Å². The SMILES string of the molecule is CNCCC1CCCCN1CCOc1ccc(Cl)cc1. The van der Waals surface area contributed by atoms with Gasteiger partial charge in [0.1, 0.15) is 12.4 Å². The summed E-state index contributed by atoms with van der Waals surface area (Å²) < 4.78 is 5.80. The molecule has 0 radical (unpaired) electrons. The molecule has 2 rings (SSSR count). The molecular formula is C16H25ClN2O. The van der Waals surface area contributed by atoms with Crippen LogP contribution in [-0.4, -0.2) is 44.2 Å². The summed E-state index contributed by atoms with van der Waals surface area (Å²) in [5.74, 6) is 0.901. The lowest BCUT2D eigenvalue weighted by atomic mass is 9.99. The third-order valence-corrected chi connectivity index (χ3v) is 4.19. The Morgan fingerprint density at radius 1 is 1.30 bits per heavy atom. The first-order valence-electron chi connectivity index (χ1n) is 7.56. The Labute approximate surface area is 127 Å². The first-order valence-corrected chi connectivity index (χ1v) is 7.94. The van der Waals surface area contributed by atoms with Crippen molar-refractivity contribution in [3.8, 4) is 5.75 Å². The van der Waals surface area contributed by atoms with Crippen molar-refractivity contribution in [3.63, 3.8) is 0 Å². The zero-order valence-electron chi connectivity index (χ0n) is 12.3. The van der Waals surface area contributed by atoms with Gasteiger partial charge in [-0.3, -0.25) is 4.90 Å². The Hall–Kier alpha value is -0.770. The summed E-state index contributed by atoms with van der Waals surface area (Å²) in [6, 6.07) is 8.31. The zero-order chi connectivity index (χ0) is 14.2. The molecule has 1 aromatic rings. The molecule has 0 spiro atoms. The van der Waals surface area contributed by atoms with Gasteiger partial charge in [-0.2, -0.15) is 0 Å². The minimum atomic E-state index is 0.713. The molecule has 1 aromatic carbocycles. The Kier molecular flexibility index (Phi) is 6.64. The zero-order valence-corrected chi connectivity index (χ0v) is 13.0. The van der Waals surface area contributed by atoms with Gasteiger partial charge in [-0.05, 0) is 63.7 Å². The molecule has 0 amide bonds. The van der Waals surface area contributed by atoms with Gasteiger partial charge in [-0.15, -0.1) is 0 Å². The quantitative estimate of drug-likeness (QED) is 0.836. The van der Waals surface area contributed by atoms with E-state index in [0.717, 1.165) is 30.5 Å². The van der Waals surface area contributed by atoms with Crippen LogP contribution in [0.3, 0.4) is 0 Å². The number of nitrogens with one attached hydrogen (secondary N) is 1. The number of likely N-dealkylation sites (tertiary alicyclic amines) is 1. The Morgan fingerprint density at radius 2 is 2.10 bits per heavy atom. The van der Waals surface area contributed by atoms with Gasteiger partial charge in [0.15, 0.2) is 0 Å². The highest BCUT2D eigenvalue weighted by Crippen LogP contribution is 2.20.